The topological polar surface area (TPSA) is 81.9 Å². The summed E-state index contributed by atoms with van der Waals surface area (Å²) in [6.07, 6.45) is 1.56. The highest BCUT2D eigenvalue weighted by Crippen LogP contribution is 2.29. The van der Waals surface area contributed by atoms with Gasteiger partial charge in [-0.2, -0.15) is 5.10 Å². The zero-order valence-corrected chi connectivity index (χ0v) is 17.8. The molecule has 0 aliphatic heterocycles. The van der Waals surface area contributed by atoms with Gasteiger partial charge < -0.3 is 4.74 Å². The van der Waals surface area contributed by atoms with Crippen LogP contribution in [0.5, 0.6) is 5.75 Å². The third-order valence-electron chi connectivity index (χ3n) is 4.95. The van der Waals surface area contributed by atoms with Gasteiger partial charge in [0.25, 0.3) is 5.91 Å². The van der Waals surface area contributed by atoms with Crippen LogP contribution in [-0.4, -0.2) is 32.3 Å². The maximum atomic E-state index is 12.9. The molecule has 154 valence electrons. The zero-order valence-electron chi connectivity index (χ0n) is 17.0. The maximum absolute atomic E-state index is 12.9. The Morgan fingerprint density at radius 2 is 1.97 bits per heavy atom. The van der Waals surface area contributed by atoms with Gasteiger partial charge in [-0.15, -0.1) is 0 Å². The van der Waals surface area contributed by atoms with E-state index in [0.29, 0.717) is 28.8 Å². The third kappa shape index (κ3) is 3.62. The number of ether oxygens (including phenoxy) is 1. The molecule has 0 fully saturated rings. The average Bonchev–Trinajstić information content (AvgIpc) is 3.36. The van der Waals surface area contributed by atoms with Crippen LogP contribution < -0.4 is 10.1 Å². The van der Waals surface area contributed by atoms with Crippen LogP contribution >= 0.6 is 11.3 Å². The molecule has 0 spiro atoms. The van der Waals surface area contributed by atoms with Crippen molar-refractivity contribution in [3.05, 3.63) is 72.1 Å². The van der Waals surface area contributed by atoms with Gasteiger partial charge in [-0.05, 0) is 50.2 Å². The predicted octanol–water partition coefficient (Wildman–Crippen LogP) is 4.99. The second kappa shape index (κ2) is 7.81. The van der Waals surface area contributed by atoms with Crippen molar-refractivity contribution in [3.8, 4) is 11.6 Å². The van der Waals surface area contributed by atoms with Crippen molar-refractivity contribution in [1.82, 2.24) is 19.7 Å². The molecular formula is C23H19N5O2S. The van der Waals surface area contributed by atoms with Crippen LogP contribution in [-0.2, 0) is 0 Å². The molecule has 5 rings (SSSR count). The van der Waals surface area contributed by atoms with Crippen molar-refractivity contribution >= 4 is 43.5 Å². The first kappa shape index (κ1) is 19.2. The minimum Gasteiger partial charge on any atom is -0.494 e. The number of nitrogens with one attached hydrogen (secondary N) is 1. The van der Waals surface area contributed by atoms with E-state index in [2.05, 4.69) is 20.4 Å². The molecule has 3 aromatic heterocycles. The van der Waals surface area contributed by atoms with Crippen molar-refractivity contribution < 1.29 is 9.53 Å². The molecule has 0 radical (unpaired) electrons. The van der Waals surface area contributed by atoms with Crippen LogP contribution in [0.4, 0.5) is 5.13 Å². The Labute approximate surface area is 182 Å². The number of nitrogens with zero attached hydrogens (tertiary/aromatic N) is 4. The highest BCUT2D eigenvalue weighted by atomic mass is 32.1. The van der Waals surface area contributed by atoms with Crippen molar-refractivity contribution in [2.24, 2.45) is 0 Å². The number of para-hydroxylation sites is 1. The van der Waals surface area contributed by atoms with Crippen LogP contribution in [0.1, 0.15) is 23.0 Å². The summed E-state index contributed by atoms with van der Waals surface area (Å²) in [6, 6.07) is 17.5. The van der Waals surface area contributed by atoms with Crippen molar-refractivity contribution in [1.29, 1.82) is 0 Å². The summed E-state index contributed by atoms with van der Waals surface area (Å²) in [4.78, 5) is 22.1. The van der Waals surface area contributed by atoms with Crippen molar-refractivity contribution in [2.75, 3.05) is 11.9 Å². The van der Waals surface area contributed by atoms with Crippen LogP contribution in [0.25, 0.3) is 26.9 Å². The molecule has 8 heteroatoms. The Kier molecular flexibility index (Phi) is 4.83. The van der Waals surface area contributed by atoms with E-state index in [1.165, 1.54) is 11.3 Å². The number of hydrogen-bond donors (Lipinski definition) is 1. The van der Waals surface area contributed by atoms with Crippen molar-refractivity contribution in [3.63, 3.8) is 0 Å². The zero-order chi connectivity index (χ0) is 21.4. The van der Waals surface area contributed by atoms with E-state index in [0.717, 1.165) is 26.9 Å². The minimum absolute atomic E-state index is 0.256. The fourth-order valence-electron chi connectivity index (χ4n) is 3.42. The fourth-order valence-corrected chi connectivity index (χ4v) is 4.31. The minimum atomic E-state index is -0.256. The summed E-state index contributed by atoms with van der Waals surface area (Å²) in [6.45, 7) is 4.40. The Bertz CT molecular complexity index is 1420. The second-order valence-corrected chi connectivity index (χ2v) is 7.98. The summed E-state index contributed by atoms with van der Waals surface area (Å²) in [5, 5.41) is 8.86. The van der Waals surface area contributed by atoms with E-state index in [4.69, 9.17) is 4.74 Å². The van der Waals surface area contributed by atoms with E-state index in [1.807, 2.05) is 68.4 Å². The number of carbonyl (C=O) groups excluding carboxylic acids is 1. The molecule has 0 saturated carbocycles. The van der Waals surface area contributed by atoms with Gasteiger partial charge >= 0.3 is 0 Å². The molecule has 0 aliphatic carbocycles. The third-order valence-corrected chi connectivity index (χ3v) is 5.88. The van der Waals surface area contributed by atoms with Gasteiger partial charge in [0.05, 0.1) is 39.8 Å². The normalized spacial score (nSPS) is 11.2. The van der Waals surface area contributed by atoms with Gasteiger partial charge in [-0.1, -0.05) is 29.5 Å². The molecule has 0 saturated heterocycles. The quantitative estimate of drug-likeness (QED) is 0.426. The van der Waals surface area contributed by atoms with Gasteiger partial charge in [-0.25, -0.2) is 14.6 Å². The largest absolute Gasteiger partial charge is 0.494 e. The Balaban J connectivity index is 1.41. The Morgan fingerprint density at radius 3 is 2.84 bits per heavy atom. The lowest BCUT2D eigenvalue weighted by Crippen LogP contribution is -2.13. The second-order valence-electron chi connectivity index (χ2n) is 6.95. The Hall–Kier alpha value is -3.78. The van der Waals surface area contributed by atoms with E-state index in [9.17, 15) is 4.79 Å². The number of rotatable bonds is 5. The smallest absolute Gasteiger partial charge is 0.260 e. The van der Waals surface area contributed by atoms with E-state index >= 15 is 0 Å². The number of pyridine rings is 1. The molecule has 7 nitrogen and oxygen atoms in total. The number of thiazole rings is 1. The monoisotopic (exact) mass is 429 g/mol. The van der Waals surface area contributed by atoms with Gasteiger partial charge in [0.2, 0.25) is 0 Å². The van der Waals surface area contributed by atoms with Gasteiger partial charge in [-0.3, -0.25) is 10.1 Å². The first-order valence-electron chi connectivity index (χ1n) is 9.88. The lowest BCUT2D eigenvalue weighted by atomic mass is 10.2. The van der Waals surface area contributed by atoms with E-state index in [-0.39, 0.29) is 5.91 Å². The lowest BCUT2D eigenvalue weighted by Gasteiger charge is -2.06. The first-order valence-corrected chi connectivity index (χ1v) is 10.7. The molecule has 0 atom stereocenters. The summed E-state index contributed by atoms with van der Waals surface area (Å²) >= 11 is 1.41. The van der Waals surface area contributed by atoms with Crippen molar-refractivity contribution in [2.45, 2.75) is 13.8 Å². The molecule has 3 heterocycles. The number of benzene rings is 2. The number of anilines is 1. The summed E-state index contributed by atoms with van der Waals surface area (Å²) < 4.78 is 8.16. The average molecular weight is 430 g/mol. The van der Waals surface area contributed by atoms with Crippen LogP contribution in [0.15, 0.2) is 60.8 Å². The van der Waals surface area contributed by atoms with Crippen LogP contribution in [0.3, 0.4) is 0 Å². The van der Waals surface area contributed by atoms with Gasteiger partial charge in [0, 0.05) is 5.39 Å². The molecule has 0 bridgehead atoms. The van der Waals surface area contributed by atoms with Crippen LogP contribution in [0, 0.1) is 6.92 Å². The number of fused-ring (bicyclic) bond motifs is 2. The SMILES string of the molecule is CCOc1ccc2nc(NC(=O)c3cnn(-c4ccc5ccccc5n4)c3C)sc2c1. The molecule has 31 heavy (non-hydrogen) atoms. The highest BCUT2D eigenvalue weighted by molar-refractivity contribution is 7.22. The predicted molar refractivity (Wildman–Crippen MR) is 122 cm³/mol. The number of hydrogen-bond acceptors (Lipinski definition) is 6. The number of aromatic nitrogens is 4. The molecule has 1 amide bonds. The van der Waals surface area contributed by atoms with Crippen LogP contribution in [0.2, 0.25) is 0 Å². The summed E-state index contributed by atoms with van der Waals surface area (Å²) in [5.74, 6) is 1.20. The summed E-state index contributed by atoms with van der Waals surface area (Å²) in [7, 11) is 0. The lowest BCUT2D eigenvalue weighted by molar-refractivity contribution is 0.102. The fraction of sp³-hybridized carbons (Fsp3) is 0.130. The molecule has 2 aromatic carbocycles. The van der Waals surface area contributed by atoms with E-state index < -0.39 is 0 Å². The van der Waals surface area contributed by atoms with E-state index in [1.54, 1.807) is 10.9 Å². The molecule has 1 N–H and O–H groups in total. The summed E-state index contributed by atoms with van der Waals surface area (Å²) in [5.41, 5.74) is 2.88. The molecule has 0 aliphatic rings. The molecular weight excluding hydrogens is 410 g/mol. The standard InChI is InChI=1S/C23H19N5O2S/c1-3-30-16-9-10-19-20(12-16)31-23(26-19)27-22(29)17-13-24-28(14(17)2)21-11-8-15-6-4-5-7-18(15)25-21/h4-13H,3H2,1-2H3,(H,26,27,29). The Morgan fingerprint density at radius 1 is 1.10 bits per heavy atom. The number of carbonyl (C=O) groups is 1. The highest BCUT2D eigenvalue weighted by Gasteiger charge is 2.18. The first-order chi connectivity index (χ1) is 15.1. The number of amides is 1. The maximum Gasteiger partial charge on any atom is 0.260 e. The molecule has 0 unspecified atom stereocenters. The van der Waals surface area contributed by atoms with Gasteiger partial charge in [0.15, 0.2) is 10.9 Å². The molecule has 5 aromatic rings. The van der Waals surface area contributed by atoms with Gasteiger partial charge in [0.1, 0.15) is 5.75 Å².